The lowest BCUT2D eigenvalue weighted by molar-refractivity contribution is 0.159. The monoisotopic (exact) mass is 280 g/mol. The summed E-state index contributed by atoms with van der Waals surface area (Å²) in [7, 11) is 0. The van der Waals surface area contributed by atoms with Gasteiger partial charge in [0.1, 0.15) is 0 Å². The topological polar surface area (TPSA) is 15.3 Å². The van der Waals surface area contributed by atoms with E-state index < -0.39 is 0 Å². The molecule has 0 amide bonds. The van der Waals surface area contributed by atoms with Crippen molar-refractivity contribution < 1.29 is 0 Å². The molecule has 0 saturated carbocycles. The van der Waals surface area contributed by atoms with Crippen LogP contribution >= 0.6 is 11.3 Å². The zero-order valence-corrected chi connectivity index (χ0v) is 13.6. The molecule has 1 fully saturated rings. The Morgan fingerprint density at radius 2 is 2.05 bits per heavy atom. The van der Waals surface area contributed by atoms with Crippen molar-refractivity contribution in [1.82, 2.24) is 10.2 Å². The van der Waals surface area contributed by atoms with Gasteiger partial charge in [-0.2, -0.15) is 0 Å². The van der Waals surface area contributed by atoms with Crippen LogP contribution in [0.2, 0.25) is 0 Å². The highest BCUT2D eigenvalue weighted by atomic mass is 32.1. The Morgan fingerprint density at radius 3 is 2.58 bits per heavy atom. The second-order valence-corrected chi connectivity index (χ2v) is 7.59. The van der Waals surface area contributed by atoms with Crippen molar-refractivity contribution in [3.05, 3.63) is 22.4 Å². The number of nitrogens with zero attached hydrogens (tertiary/aromatic N) is 1. The van der Waals surface area contributed by atoms with E-state index in [0.29, 0.717) is 12.1 Å². The summed E-state index contributed by atoms with van der Waals surface area (Å²) >= 11 is 1.87. The average Bonchev–Trinajstić information content (AvgIpc) is 2.91. The molecule has 1 aliphatic heterocycles. The lowest BCUT2D eigenvalue weighted by Gasteiger charge is -2.36. The Hall–Kier alpha value is -0.380. The van der Waals surface area contributed by atoms with E-state index in [1.807, 2.05) is 11.3 Å². The average molecular weight is 280 g/mol. The van der Waals surface area contributed by atoms with Gasteiger partial charge >= 0.3 is 0 Å². The fraction of sp³-hybridized carbons (Fsp3) is 0.750. The minimum Gasteiger partial charge on any atom is -0.313 e. The van der Waals surface area contributed by atoms with E-state index in [1.54, 1.807) is 0 Å². The molecule has 108 valence electrons. The van der Waals surface area contributed by atoms with E-state index >= 15 is 0 Å². The second-order valence-electron chi connectivity index (χ2n) is 6.65. The molecule has 0 aliphatic carbocycles. The Labute approximate surface area is 122 Å². The van der Waals surface area contributed by atoms with Crippen LogP contribution in [0.3, 0.4) is 0 Å². The van der Waals surface area contributed by atoms with E-state index in [9.17, 15) is 0 Å². The van der Waals surface area contributed by atoms with Crippen LogP contribution in [0.25, 0.3) is 0 Å². The third-order valence-electron chi connectivity index (χ3n) is 4.28. The van der Waals surface area contributed by atoms with Gasteiger partial charge in [0, 0.05) is 28.9 Å². The maximum atomic E-state index is 3.79. The Bertz CT molecular complexity index is 362. The van der Waals surface area contributed by atoms with Gasteiger partial charge in [-0.05, 0) is 51.2 Å². The van der Waals surface area contributed by atoms with Crippen LogP contribution in [0.1, 0.15) is 45.4 Å². The van der Waals surface area contributed by atoms with Gasteiger partial charge in [0.2, 0.25) is 0 Å². The Kier molecular flexibility index (Phi) is 5.04. The molecule has 0 unspecified atom stereocenters. The fourth-order valence-electron chi connectivity index (χ4n) is 2.77. The van der Waals surface area contributed by atoms with E-state index in [1.165, 1.54) is 30.8 Å². The van der Waals surface area contributed by atoms with E-state index in [-0.39, 0.29) is 5.41 Å². The summed E-state index contributed by atoms with van der Waals surface area (Å²) in [6.45, 7) is 12.9. The number of likely N-dealkylation sites (tertiary alicyclic amines) is 1. The first kappa shape index (κ1) is 15.0. The largest absolute Gasteiger partial charge is 0.313 e. The highest BCUT2D eigenvalue weighted by molar-refractivity contribution is 7.10. The summed E-state index contributed by atoms with van der Waals surface area (Å²) in [4.78, 5) is 4.07. The van der Waals surface area contributed by atoms with E-state index in [4.69, 9.17) is 0 Å². The van der Waals surface area contributed by atoms with Crippen molar-refractivity contribution in [2.24, 2.45) is 0 Å². The molecule has 0 atom stereocenters. The minimum atomic E-state index is 0.253. The molecular formula is C16H28N2S. The van der Waals surface area contributed by atoms with Crippen LogP contribution in [0.4, 0.5) is 0 Å². The molecule has 3 heteroatoms. The third kappa shape index (κ3) is 4.04. The second kappa shape index (κ2) is 6.38. The summed E-state index contributed by atoms with van der Waals surface area (Å²) in [6.07, 6.45) is 2.58. The lowest BCUT2D eigenvalue weighted by Crippen LogP contribution is -2.47. The van der Waals surface area contributed by atoms with Crippen molar-refractivity contribution in [3.8, 4) is 0 Å². The SMILES string of the molecule is CC(C)N1CCC(NCC(C)(C)c2cccs2)CC1. The maximum Gasteiger partial charge on any atom is 0.0115 e. The van der Waals surface area contributed by atoms with Gasteiger partial charge in [0.05, 0.1) is 0 Å². The third-order valence-corrected chi connectivity index (χ3v) is 5.52. The van der Waals surface area contributed by atoms with Crippen LogP contribution in [-0.4, -0.2) is 36.6 Å². The highest BCUT2D eigenvalue weighted by Crippen LogP contribution is 2.27. The summed E-state index contributed by atoms with van der Waals surface area (Å²) in [5.41, 5.74) is 0.253. The highest BCUT2D eigenvalue weighted by Gasteiger charge is 2.25. The van der Waals surface area contributed by atoms with Gasteiger partial charge in [-0.15, -0.1) is 11.3 Å². The molecule has 2 rings (SSSR count). The molecule has 1 N–H and O–H groups in total. The number of hydrogen-bond acceptors (Lipinski definition) is 3. The summed E-state index contributed by atoms with van der Waals surface area (Å²) < 4.78 is 0. The molecule has 1 aromatic rings. The molecule has 0 aromatic carbocycles. The maximum absolute atomic E-state index is 3.79. The first-order valence-corrected chi connectivity index (χ1v) is 8.38. The van der Waals surface area contributed by atoms with Gasteiger partial charge in [-0.3, -0.25) is 0 Å². The fourth-order valence-corrected chi connectivity index (χ4v) is 3.62. The molecule has 0 radical (unpaired) electrons. The quantitative estimate of drug-likeness (QED) is 0.888. The van der Waals surface area contributed by atoms with E-state index in [0.717, 1.165) is 6.54 Å². The predicted molar refractivity (Wildman–Crippen MR) is 85.1 cm³/mol. The number of rotatable bonds is 5. The van der Waals surface area contributed by atoms with Crippen LogP contribution in [0, 0.1) is 0 Å². The van der Waals surface area contributed by atoms with Gasteiger partial charge in [-0.25, -0.2) is 0 Å². The van der Waals surface area contributed by atoms with Crippen LogP contribution in [-0.2, 0) is 5.41 Å². The predicted octanol–water partition coefficient (Wildman–Crippen LogP) is 3.49. The van der Waals surface area contributed by atoms with Gasteiger partial charge < -0.3 is 10.2 Å². The molecule has 1 aromatic heterocycles. The number of thiophene rings is 1. The van der Waals surface area contributed by atoms with Crippen LogP contribution in [0.15, 0.2) is 17.5 Å². The Morgan fingerprint density at radius 1 is 1.37 bits per heavy atom. The minimum absolute atomic E-state index is 0.253. The van der Waals surface area contributed by atoms with E-state index in [2.05, 4.69) is 55.4 Å². The molecule has 1 saturated heterocycles. The first-order chi connectivity index (χ1) is 8.99. The molecule has 1 aliphatic rings. The molecule has 2 heterocycles. The normalized spacial score (nSPS) is 19.2. The zero-order chi connectivity index (χ0) is 13.9. The summed E-state index contributed by atoms with van der Waals surface area (Å²) in [5, 5.41) is 5.97. The molecule has 0 bridgehead atoms. The Balaban J connectivity index is 1.78. The van der Waals surface area contributed by atoms with Crippen molar-refractivity contribution in [2.75, 3.05) is 19.6 Å². The molecular weight excluding hydrogens is 252 g/mol. The van der Waals surface area contributed by atoms with Gasteiger partial charge in [-0.1, -0.05) is 19.9 Å². The van der Waals surface area contributed by atoms with Crippen molar-refractivity contribution in [3.63, 3.8) is 0 Å². The standard InChI is InChI=1S/C16H28N2S/c1-13(2)18-9-7-14(8-10-18)17-12-16(3,4)15-6-5-11-19-15/h5-6,11,13-14,17H,7-10,12H2,1-4H3. The number of hydrogen-bond donors (Lipinski definition) is 1. The smallest absolute Gasteiger partial charge is 0.0115 e. The molecule has 0 spiro atoms. The van der Waals surface area contributed by atoms with Gasteiger partial charge in [0.15, 0.2) is 0 Å². The lowest BCUT2D eigenvalue weighted by atomic mass is 9.90. The zero-order valence-electron chi connectivity index (χ0n) is 12.8. The van der Waals surface area contributed by atoms with Crippen LogP contribution in [0.5, 0.6) is 0 Å². The summed E-state index contributed by atoms with van der Waals surface area (Å²) in [6, 6.07) is 5.81. The van der Waals surface area contributed by atoms with Gasteiger partial charge in [0.25, 0.3) is 0 Å². The van der Waals surface area contributed by atoms with Crippen molar-refractivity contribution in [2.45, 2.75) is 58.0 Å². The molecule has 2 nitrogen and oxygen atoms in total. The molecule has 19 heavy (non-hydrogen) atoms. The number of nitrogens with one attached hydrogen (secondary N) is 1. The van der Waals surface area contributed by atoms with Crippen molar-refractivity contribution in [1.29, 1.82) is 0 Å². The summed E-state index contributed by atoms with van der Waals surface area (Å²) in [5.74, 6) is 0. The van der Waals surface area contributed by atoms with Crippen LogP contribution < -0.4 is 5.32 Å². The van der Waals surface area contributed by atoms with Crippen molar-refractivity contribution >= 4 is 11.3 Å². The number of piperidine rings is 1. The first-order valence-electron chi connectivity index (χ1n) is 7.50.